The highest BCUT2D eigenvalue weighted by molar-refractivity contribution is 6.24. The van der Waals surface area contributed by atoms with Crippen molar-refractivity contribution in [3.8, 4) is 0 Å². The largest absolute Gasteiger partial charge is 0.512 e. The topological polar surface area (TPSA) is 90.2 Å². The first-order valence-corrected chi connectivity index (χ1v) is 14.2. The van der Waals surface area contributed by atoms with E-state index in [4.69, 9.17) is 15.0 Å². The minimum absolute atomic E-state index is 0.0323. The number of carbonyl (C=O) groups is 1. The van der Waals surface area contributed by atoms with Crippen molar-refractivity contribution in [3.05, 3.63) is 84.5 Å². The number of aromatic nitrogens is 1. The lowest BCUT2D eigenvalue weighted by Gasteiger charge is -2.06. The van der Waals surface area contributed by atoms with Crippen molar-refractivity contribution in [1.29, 1.82) is 0 Å². The van der Waals surface area contributed by atoms with E-state index in [0.717, 1.165) is 92.8 Å². The summed E-state index contributed by atoms with van der Waals surface area (Å²) < 4.78 is 0. The van der Waals surface area contributed by atoms with Crippen LogP contribution in [0.2, 0.25) is 0 Å². The monoisotopic (exact) mass is 534 g/mol. The van der Waals surface area contributed by atoms with E-state index >= 15 is 0 Å². The molecule has 0 saturated heterocycles. The summed E-state index contributed by atoms with van der Waals surface area (Å²) in [6.07, 6.45) is 12.0. The maximum atomic E-state index is 12.8. The van der Waals surface area contributed by atoms with Crippen molar-refractivity contribution in [2.24, 2.45) is 15.0 Å². The molecule has 2 N–H and O–H groups in total. The molecule has 40 heavy (non-hydrogen) atoms. The van der Waals surface area contributed by atoms with Crippen molar-refractivity contribution in [2.45, 2.75) is 81.1 Å². The summed E-state index contributed by atoms with van der Waals surface area (Å²) in [5, 5.41) is 12.2. The van der Waals surface area contributed by atoms with Gasteiger partial charge in [-0.3, -0.25) is 4.79 Å². The van der Waals surface area contributed by atoms with Gasteiger partial charge in [0.15, 0.2) is 5.78 Å². The number of allylic oxidation sites excluding steroid dienone is 8. The Labute approximate surface area is 236 Å². The van der Waals surface area contributed by atoms with Crippen LogP contribution in [0.3, 0.4) is 0 Å². The fourth-order valence-electron chi connectivity index (χ4n) is 6.07. The van der Waals surface area contributed by atoms with Gasteiger partial charge in [0.25, 0.3) is 0 Å². The smallest absolute Gasteiger partial charge is 0.162 e. The molecule has 0 fully saturated rings. The number of nitrogens with one attached hydrogen (secondary N) is 1. The van der Waals surface area contributed by atoms with Crippen molar-refractivity contribution in [2.75, 3.05) is 0 Å². The number of rotatable bonds is 5. The number of fused-ring (bicyclic) bond motifs is 5. The summed E-state index contributed by atoms with van der Waals surface area (Å²) in [5.41, 5.74) is 12.9. The molecule has 0 atom stereocenters. The Balaban J connectivity index is 1.89. The number of aromatic amines is 1. The fraction of sp³-hybridized carbons (Fsp3) is 0.353. The molecular formula is C34H38N4O2. The molecule has 0 aliphatic carbocycles. The van der Waals surface area contributed by atoms with E-state index in [1.165, 1.54) is 11.1 Å². The van der Waals surface area contributed by atoms with Gasteiger partial charge < -0.3 is 10.1 Å². The van der Waals surface area contributed by atoms with Crippen LogP contribution in [-0.4, -0.2) is 33.0 Å². The summed E-state index contributed by atoms with van der Waals surface area (Å²) in [6, 6.07) is 0. The first kappa shape index (κ1) is 27.5. The Morgan fingerprint density at radius 2 is 1.35 bits per heavy atom. The van der Waals surface area contributed by atoms with Crippen LogP contribution in [0.15, 0.2) is 77.7 Å². The lowest BCUT2D eigenvalue weighted by atomic mass is 9.96. The molecule has 0 aromatic carbocycles. The normalized spacial score (nSPS) is 19.3. The predicted octanol–water partition coefficient (Wildman–Crippen LogP) is 6.41. The number of aliphatic imine (C=N–C) groups is 3. The predicted molar refractivity (Wildman–Crippen MR) is 166 cm³/mol. The number of H-pyrrole nitrogens is 1. The van der Waals surface area contributed by atoms with Crippen LogP contribution in [0.1, 0.15) is 85.4 Å². The Morgan fingerprint density at radius 1 is 0.750 bits per heavy atom. The third-order valence-electron chi connectivity index (χ3n) is 8.17. The van der Waals surface area contributed by atoms with Gasteiger partial charge in [-0.1, -0.05) is 26.7 Å². The van der Waals surface area contributed by atoms with Gasteiger partial charge in [-0.15, -0.1) is 0 Å². The summed E-state index contributed by atoms with van der Waals surface area (Å²) >= 11 is 0. The Bertz CT molecular complexity index is 1770. The number of aliphatic hydroxyl groups excluding tert-OH is 1. The van der Waals surface area contributed by atoms with E-state index in [1.807, 2.05) is 32.1 Å². The summed E-state index contributed by atoms with van der Waals surface area (Å²) in [7, 11) is 0. The van der Waals surface area contributed by atoms with Crippen LogP contribution in [0.4, 0.5) is 0 Å². The number of aliphatic hydroxyl groups is 1. The highest BCUT2D eigenvalue weighted by atomic mass is 16.3. The second-order valence-electron chi connectivity index (χ2n) is 11.0. The van der Waals surface area contributed by atoms with E-state index in [1.54, 1.807) is 13.8 Å². The van der Waals surface area contributed by atoms with E-state index in [9.17, 15) is 9.90 Å². The Hall–Kier alpha value is -4.06. The molecule has 206 valence electrons. The van der Waals surface area contributed by atoms with Crippen molar-refractivity contribution >= 4 is 40.8 Å². The number of nitrogens with zero attached hydrogens (tertiary/aromatic N) is 3. The van der Waals surface area contributed by atoms with Crippen LogP contribution in [-0.2, 0) is 4.79 Å². The number of hydrogen-bond donors (Lipinski definition) is 2. The van der Waals surface area contributed by atoms with Gasteiger partial charge >= 0.3 is 0 Å². The van der Waals surface area contributed by atoms with Gasteiger partial charge in [-0.2, -0.15) is 0 Å². The van der Waals surface area contributed by atoms with Gasteiger partial charge in [-0.25, -0.2) is 15.0 Å². The molecule has 0 unspecified atom stereocenters. The molecule has 4 aliphatic heterocycles. The van der Waals surface area contributed by atoms with Gasteiger partial charge in [0.05, 0.1) is 45.3 Å². The minimum Gasteiger partial charge on any atom is -0.512 e. The van der Waals surface area contributed by atoms with Gasteiger partial charge in [0.2, 0.25) is 0 Å². The number of hydrogen-bond acceptors (Lipinski definition) is 5. The Morgan fingerprint density at radius 3 is 2.00 bits per heavy atom. The van der Waals surface area contributed by atoms with E-state index in [-0.39, 0.29) is 11.5 Å². The zero-order valence-corrected chi connectivity index (χ0v) is 24.8. The van der Waals surface area contributed by atoms with Crippen LogP contribution in [0.25, 0.3) is 17.9 Å². The minimum atomic E-state index is -0.0323. The molecule has 1 aromatic rings. The highest BCUT2D eigenvalue weighted by Crippen LogP contribution is 2.35. The van der Waals surface area contributed by atoms with Crippen LogP contribution >= 0.6 is 0 Å². The van der Waals surface area contributed by atoms with Crippen molar-refractivity contribution in [1.82, 2.24) is 4.98 Å². The quantitative estimate of drug-likeness (QED) is 0.457. The summed E-state index contributed by atoms with van der Waals surface area (Å²) in [5.74, 6) is 0.192. The number of ketones is 1. The zero-order chi connectivity index (χ0) is 28.9. The molecule has 5 rings (SSSR count). The molecule has 6 nitrogen and oxygen atoms in total. The zero-order valence-electron chi connectivity index (χ0n) is 24.8. The molecule has 0 spiro atoms. The van der Waals surface area contributed by atoms with E-state index < -0.39 is 0 Å². The molecule has 1 aromatic heterocycles. The summed E-state index contributed by atoms with van der Waals surface area (Å²) in [6.45, 7) is 15.8. The molecule has 5 heterocycles. The molecule has 0 amide bonds. The maximum absolute atomic E-state index is 12.8. The fourth-order valence-corrected chi connectivity index (χ4v) is 6.07. The molecule has 4 aliphatic rings. The molecular weight excluding hydrogens is 496 g/mol. The molecule has 0 radical (unpaired) electrons. The van der Waals surface area contributed by atoms with Crippen molar-refractivity contribution in [3.63, 3.8) is 0 Å². The lowest BCUT2D eigenvalue weighted by Crippen LogP contribution is -2.27. The van der Waals surface area contributed by atoms with E-state index in [0.29, 0.717) is 11.3 Å². The second-order valence-corrected chi connectivity index (χ2v) is 11.0. The van der Waals surface area contributed by atoms with Gasteiger partial charge in [-0.05, 0) is 112 Å². The Kier molecular flexibility index (Phi) is 7.21. The summed E-state index contributed by atoms with van der Waals surface area (Å²) in [4.78, 5) is 31.4. The highest BCUT2D eigenvalue weighted by Gasteiger charge is 2.27. The average Bonchev–Trinajstić information content (AvgIpc) is 3.55. The van der Waals surface area contributed by atoms with Gasteiger partial charge in [0.1, 0.15) is 0 Å². The SMILES string of the molecule is CCCC1=C(C)C2=NC1=CC1=NC(=CC3=NC(=Cc4[nH]c(c(=C(C)O)c4C)=C2)C(C(C)=O)=C3C)C(C)=C1CCC. The van der Waals surface area contributed by atoms with Crippen LogP contribution in [0, 0.1) is 6.92 Å². The standard InChI is InChI=1S/C34H38N4O2/c1-9-11-23-17(3)25-13-27-19(5)33(21(7)39)32(37-27)15-28-20(6)34(22(8)40)31(38-28)14-26-18(4)24(12-10-2)30(36-26)16-29(23)35-25/h13-16,38,40H,9-12H2,1-8H3. The lowest BCUT2D eigenvalue weighted by molar-refractivity contribution is -0.113. The number of Topliss-reactive ketones (excluding diaryl/α,β-unsaturated/α-hetero) is 1. The average molecular weight is 535 g/mol. The second kappa shape index (κ2) is 10.5. The van der Waals surface area contributed by atoms with Crippen LogP contribution in [0.5, 0.6) is 0 Å². The van der Waals surface area contributed by atoms with Crippen LogP contribution < -0.4 is 10.6 Å². The molecule has 0 saturated carbocycles. The first-order chi connectivity index (χ1) is 19.0. The first-order valence-electron chi connectivity index (χ1n) is 14.2. The molecule has 6 heteroatoms. The third kappa shape index (κ3) is 4.55. The van der Waals surface area contributed by atoms with Crippen molar-refractivity contribution < 1.29 is 9.90 Å². The maximum Gasteiger partial charge on any atom is 0.162 e. The van der Waals surface area contributed by atoms with E-state index in [2.05, 4.69) is 38.8 Å². The van der Waals surface area contributed by atoms with Gasteiger partial charge in [0, 0.05) is 16.5 Å². The third-order valence-corrected chi connectivity index (χ3v) is 8.17. The molecule has 8 bridgehead atoms. The number of carbonyl (C=O) groups excluding carboxylic acids is 1.